The minimum Gasteiger partial charge on any atom is -0.322 e. The Bertz CT molecular complexity index is 1660. The number of thiazole rings is 1. The second-order valence-corrected chi connectivity index (χ2v) is 11.6. The van der Waals surface area contributed by atoms with Crippen LogP contribution in [-0.4, -0.2) is 22.4 Å². The summed E-state index contributed by atoms with van der Waals surface area (Å²) in [5.41, 5.74) is 7.89. The van der Waals surface area contributed by atoms with Crippen LogP contribution >= 0.6 is 39.0 Å². The average molecular weight is 572 g/mol. The van der Waals surface area contributed by atoms with Crippen LogP contribution in [0.4, 0.5) is 5.69 Å². The Morgan fingerprint density at radius 1 is 0.917 bits per heavy atom. The second kappa shape index (κ2) is 9.65. The molecule has 4 nitrogen and oxygen atoms in total. The summed E-state index contributed by atoms with van der Waals surface area (Å²) in [5.74, 6) is 0.250. The summed E-state index contributed by atoms with van der Waals surface area (Å²) in [7, 11) is 0. The number of nitrogens with zero attached hydrogens (tertiary/aromatic N) is 1. The van der Waals surface area contributed by atoms with Gasteiger partial charge in [-0.05, 0) is 81.0 Å². The summed E-state index contributed by atoms with van der Waals surface area (Å²) < 4.78 is 2.55. The molecule has 0 radical (unpaired) electrons. The first kappa shape index (κ1) is 23.2. The number of thioether (sulfide) groups is 1. The molecule has 176 valence electrons. The molecule has 1 aromatic heterocycles. The number of aromatic nitrogens is 1. The lowest BCUT2D eigenvalue weighted by Crippen LogP contribution is -2.12. The summed E-state index contributed by atoms with van der Waals surface area (Å²) in [4.78, 5) is 30.2. The third-order valence-electron chi connectivity index (χ3n) is 6.19. The van der Waals surface area contributed by atoms with Crippen LogP contribution in [0.2, 0.25) is 0 Å². The van der Waals surface area contributed by atoms with Crippen molar-refractivity contribution in [2.45, 2.75) is 10.8 Å². The fourth-order valence-electron chi connectivity index (χ4n) is 4.42. The number of amides is 1. The average Bonchev–Trinajstić information content (AvgIpc) is 3.47. The van der Waals surface area contributed by atoms with Crippen molar-refractivity contribution in [3.8, 4) is 11.1 Å². The molecule has 0 fully saturated rings. The van der Waals surface area contributed by atoms with Gasteiger partial charge in [-0.3, -0.25) is 9.59 Å². The van der Waals surface area contributed by atoms with Crippen molar-refractivity contribution in [1.82, 2.24) is 4.98 Å². The monoisotopic (exact) mass is 570 g/mol. The smallest absolute Gasteiger partial charge is 0.256 e. The number of anilines is 1. The summed E-state index contributed by atoms with van der Waals surface area (Å²) in [6, 6.07) is 27.4. The lowest BCUT2D eigenvalue weighted by Gasteiger charge is -2.06. The van der Waals surface area contributed by atoms with Crippen LogP contribution < -0.4 is 5.32 Å². The maximum atomic E-state index is 12.9. The number of fused-ring (bicyclic) bond motifs is 4. The molecule has 0 atom stereocenters. The fraction of sp³-hybridized carbons (Fsp3) is 0.0690. The van der Waals surface area contributed by atoms with E-state index in [9.17, 15) is 9.59 Å². The molecule has 1 N–H and O–H groups in total. The Labute approximate surface area is 224 Å². The Morgan fingerprint density at radius 2 is 1.72 bits per heavy atom. The molecule has 5 aromatic rings. The third kappa shape index (κ3) is 4.50. The van der Waals surface area contributed by atoms with Crippen molar-refractivity contribution in [3.05, 3.63) is 112 Å². The van der Waals surface area contributed by atoms with Gasteiger partial charge >= 0.3 is 0 Å². The molecule has 0 spiro atoms. The minimum absolute atomic E-state index is 0.0967. The van der Waals surface area contributed by atoms with Gasteiger partial charge in [0, 0.05) is 15.7 Å². The predicted molar refractivity (Wildman–Crippen MR) is 151 cm³/mol. The number of benzene rings is 4. The van der Waals surface area contributed by atoms with Crippen molar-refractivity contribution in [1.29, 1.82) is 0 Å². The zero-order chi connectivity index (χ0) is 24.6. The van der Waals surface area contributed by atoms with Gasteiger partial charge in [0.05, 0.1) is 21.5 Å². The van der Waals surface area contributed by atoms with Crippen molar-refractivity contribution in [2.75, 3.05) is 11.1 Å². The molecular formula is C29H19BrN2O2S2. The van der Waals surface area contributed by atoms with Gasteiger partial charge in [0.2, 0.25) is 0 Å². The number of hydrogen-bond acceptors (Lipinski definition) is 5. The lowest BCUT2D eigenvalue weighted by atomic mass is 10.0. The first-order chi connectivity index (χ1) is 17.5. The standard InChI is InChI=1S/C29H19BrN2O2S2/c30-24-8-4-3-7-23(24)28(34)31-20-10-12-25-27(15-20)36-29(32-25)35-16-26(33)18-9-11-22-19(14-18)13-17-5-1-2-6-21(17)22/h1-12,14-15H,13,16H2,(H,31,34). The summed E-state index contributed by atoms with van der Waals surface area (Å²) in [5, 5.41) is 2.95. The molecule has 1 aliphatic carbocycles. The highest BCUT2D eigenvalue weighted by Gasteiger charge is 2.20. The highest BCUT2D eigenvalue weighted by molar-refractivity contribution is 9.10. The molecule has 1 aliphatic rings. The van der Waals surface area contributed by atoms with E-state index in [4.69, 9.17) is 0 Å². The Balaban J connectivity index is 1.13. The summed E-state index contributed by atoms with van der Waals surface area (Å²) in [6.45, 7) is 0. The number of nitrogens with one attached hydrogen (secondary N) is 1. The van der Waals surface area contributed by atoms with Crippen LogP contribution in [0.5, 0.6) is 0 Å². The van der Waals surface area contributed by atoms with Crippen LogP contribution in [0.25, 0.3) is 21.3 Å². The van der Waals surface area contributed by atoms with E-state index >= 15 is 0 Å². The fourth-order valence-corrected chi connectivity index (χ4v) is 6.88. The number of halogens is 1. The maximum Gasteiger partial charge on any atom is 0.256 e. The molecule has 0 saturated heterocycles. The number of Topliss-reactive ketones (excluding diaryl/α,β-unsaturated/α-hetero) is 1. The van der Waals surface area contributed by atoms with E-state index in [-0.39, 0.29) is 11.7 Å². The van der Waals surface area contributed by atoms with Crippen molar-refractivity contribution < 1.29 is 9.59 Å². The van der Waals surface area contributed by atoms with Crippen LogP contribution in [0.3, 0.4) is 0 Å². The Hall–Kier alpha value is -3.26. The molecule has 0 unspecified atom stereocenters. The van der Waals surface area contributed by atoms with Crippen molar-refractivity contribution >= 4 is 66.6 Å². The number of ketones is 1. The number of carbonyl (C=O) groups excluding carboxylic acids is 2. The number of hydrogen-bond donors (Lipinski definition) is 1. The summed E-state index contributed by atoms with van der Waals surface area (Å²) >= 11 is 6.40. The van der Waals surface area contributed by atoms with E-state index in [2.05, 4.69) is 56.6 Å². The Kier molecular flexibility index (Phi) is 6.21. The minimum atomic E-state index is -0.177. The van der Waals surface area contributed by atoms with Gasteiger partial charge in [-0.1, -0.05) is 60.3 Å². The van der Waals surface area contributed by atoms with Gasteiger partial charge in [-0.2, -0.15) is 0 Å². The molecule has 0 bridgehead atoms. The molecule has 7 heteroatoms. The van der Waals surface area contributed by atoms with Crippen molar-refractivity contribution in [2.24, 2.45) is 0 Å². The molecule has 4 aromatic carbocycles. The van der Waals surface area contributed by atoms with Crippen LogP contribution in [0.15, 0.2) is 93.7 Å². The van der Waals surface area contributed by atoms with Gasteiger partial charge in [0.15, 0.2) is 10.1 Å². The van der Waals surface area contributed by atoms with Crippen LogP contribution in [0.1, 0.15) is 31.8 Å². The second-order valence-electron chi connectivity index (χ2n) is 8.51. The third-order valence-corrected chi connectivity index (χ3v) is 9.04. The van der Waals surface area contributed by atoms with Gasteiger partial charge < -0.3 is 5.32 Å². The first-order valence-corrected chi connectivity index (χ1v) is 14.0. The van der Waals surface area contributed by atoms with Crippen LogP contribution in [-0.2, 0) is 6.42 Å². The Morgan fingerprint density at radius 3 is 2.61 bits per heavy atom. The van der Waals surface area contributed by atoms with E-state index in [1.165, 1.54) is 45.4 Å². The van der Waals surface area contributed by atoms with E-state index in [1.807, 2.05) is 48.5 Å². The zero-order valence-corrected chi connectivity index (χ0v) is 22.2. The van der Waals surface area contributed by atoms with Gasteiger partial charge in [0.1, 0.15) is 0 Å². The quantitative estimate of drug-likeness (QED) is 0.163. The highest BCUT2D eigenvalue weighted by Crippen LogP contribution is 2.37. The molecule has 0 aliphatic heterocycles. The molecule has 36 heavy (non-hydrogen) atoms. The maximum absolute atomic E-state index is 12.9. The van der Waals surface area contributed by atoms with E-state index in [1.54, 1.807) is 6.07 Å². The lowest BCUT2D eigenvalue weighted by molar-refractivity contribution is 0.101. The SMILES string of the molecule is O=C(CSc1nc2ccc(NC(=O)c3ccccc3Br)cc2s1)c1ccc2c(c1)Cc1ccccc1-2. The number of carbonyl (C=O) groups is 2. The molecule has 0 saturated carbocycles. The highest BCUT2D eigenvalue weighted by atomic mass is 79.9. The zero-order valence-electron chi connectivity index (χ0n) is 19.0. The van der Waals surface area contributed by atoms with Crippen molar-refractivity contribution in [3.63, 3.8) is 0 Å². The molecule has 1 amide bonds. The van der Waals surface area contributed by atoms with Gasteiger partial charge in [0.25, 0.3) is 5.91 Å². The van der Waals surface area contributed by atoms with Gasteiger partial charge in [-0.15, -0.1) is 11.3 Å². The van der Waals surface area contributed by atoms with Gasteiger partial charge in [-0.25, -0.2) is 4.98 Å². The van der Waals surface area contributed by atoms with E-state index in [0.29, 0.717) is 17.0 Å². The first-order valence-electron chi connectivity index (χ1n) is 11.4. The topological polar surface area (TPSA) is 59.1 Å². The number of rotatable bonds is 6. The largest absolute Gasteiger partial charge is 0.322 e. The van der Waals surface area contributed by atoms with Crippen LogP contribution in [0, 0.1) is 0 Å². The normalized spacial score (nSPS) is 11.8. The predicted octanol–water partition coefficient (Wildman–Crippen LogP) is 7.86. The molecule has 6 rings (SSSR count). The van der Waals surface area contributed by atoms with E-state index < -0.39 is 0 Å². The molecule has 1 heterocycles. The van der Waals surface area contributed by atoms with E-state index in [0.717, 1.165) is 31.0 Å². The summed E-state index contributed by atoms with van der Waals surface area (Å²) in [6.07, 6.45) is 0.873. The molecular weight excluding hydrogens is 552 g/mol.